The Labute approximate surface area is 501 Å². The van der Waals surface area contributed by atoms with E-state index in [4.69, 9.17) is 28.4 Å². The summed E-state index contributed by atoms with van der Waals surface area (Å²) in [4.78, 5) is 54.3. The second-order valence-electron chi connectivity index (χ2n) is 18.6. The molecule has 484 valence electrons. The van der Waals surface area contributed by atoms with Crippen LogP contribution in [0.3, 0.4) is 0 Å². The number of carbonyl (C=O) groups is 5. The van der Waals surface area contributed by atoms with Crippen molar-refractivity contribution in [2.24, 2.45) is 5.92 Å². The molecule has 0 N–H and O–H groups in total. The molecule has 1 aliphatic rings. The van der Waals surface area contributed by atoms with Crippen LogP contribution in [0.25, 0.3) is 0 Å². The maximum absolute atomic E-state index is 11.0. The van der Waals surface area contributed by atoms with Crippen molar-refractivity contribution in [1.29, 1.82) is 0 Å². The van der Waals surface area contributed by atoms with Crippen molar-refractivity contribution in [2.45, 2.75) is 300 Å². The standard InChI is InChI=1S/C13H18O3.2C13H24O2.C11H20O2.C9H16O2.10CH4/c1-11(14)10-13(15-2)8-9-16-12-6-4-3-5-7-12;1-11(14)10-13(15-2)9-8-12-6-4-3-5-7-12;1-4-5-6-7-8-9-10-13(15-3)11-12(2)14;1-4-5-6-7-8-11(13-3)9-10(2)12;1-4-5-6-9(11-3)7-8(2)10;;;;;;;;;;/h3-7,13H,8-10H2,1-2H3;12-13H,3-10H2,1-2H3;4,13H,1,5-11H2,2-3H3;4,11H,1,5-9H2,2-3H3;4,9H,1,5-7H2,2-3H3;10*1H4. The summed E-state index contributed by atoms with van der Waals surface area (Å²) in [5, 5.41) is 0. The SMILES string of the molecule is C.C.C.C.C.C.C.C.C.C.C=CCCC(CC(C)=O)OC.C=CCCCCC(CC(C)=O)OC.C=CCCCCCCC(CC(C)=O)OC.COC(CCC1CCCCC1)CC(C)=O.COC(CCOc1ccccc1)CC(C)=O. The Morgan fingerprint density at radius 1 is 0.425 bits per heavy atom. The first kappa shape index (κ1) is 108. The van der Waals surface area contributed by atoms with Gasteiger partial charge in [0.15, 0.2) is 0 Å². The van der Waals surface area contributed by atoms with Gasteiger partial charge in [0.25, 0.3) is 0 Å². The molecular weight excluding hydrogens is 1000 g/mol. The van der Waals surface area contributed by atoms with Crippen molar-refractivity contribution in [1.82, 2.24) is 0 Å². The molecule has 2 rings (SSSR count). The van der Waals surface area contributed by atoms with Gasteiger partial charge in [0, 0.05) is 74.1 Å². The number of para-hydroxylation sites is 1. The number of methoxy groups -OCH3 is 5. The number of benzene rings is 1. The first-order chi connectivity index (χ1) is 33.5. The topological polar surface area (TPSA) is 141 Å². The minimum Gasteiger partial charge on any atom is -0.493 e. The molecule has 80 heavy (non-hydrogen) atoms. The first-order valence-electron chi connectivity index (χ1n) is 26.2. The quantitative estimate of drug-likeness (QED) is 0.0464. The van der Waals surface area contributed by atoms with Gasteiger partial charge in [-0.3, -0.25) is 24.0 Å². The van der Waals surface area contributed by atoms with Crippen LogP contribution in [0.4, 0.5) is 0 Å². The van der Waals surface area contributed by atoms with E-state index in [1.54, 1.807) is 70.2 Å². The number of carbonyl (C=O) groups excluding carboxylic acids is 5. The lowest BCUT2D eigenvalue weighted by atomic mass is 9.85. The fourth-order valence-electron chi connectivity index (χ4n) is 7.82. The highest BCUT2D eigenvalue weighted by Gasteiger charge is 2.17. The van der Waals surface area contributed by atoms with Gasteiger partial charge < -0.3 is 28.4 Å². The Kier molecular flexibility index (Phi) is 108. The third-order valence-electron chi connectivity index (χ3n) is 11.9. The van der Waals surface area contributed by atoms with Crippen LogP contribution >= 0.6 is 0 Å². The monoisotopic (exact) mass is 1150 g/mol. The fourth-order valence-corrected chi connectivity index (χ4v) is 7.82. The molecule has 0 amide bonds. The van der Waals surface area contributed by atoms with E-state index in [-0.39, 0.29) is 134 Å². The number of ether oxygens (including phenoxy) is 6. The van der Waals surface area contributed by atoms with Crippen molar-refractivity contribution in [3.8, 4) is 5.75 Å². The number of hydrogen-bond acceptors (Lipinski definition) is 11. The Morgan fingerprint density at radius 2 is 0.738 bits per heavy atom. The van der Waals surface area contributed by atoms with Gasteiger partial charge in [0.1, 0.15) is 34.7 Å². The molecule has 11 nitrogen and oxygen atoms in total. The van der Waals surface area contributed by atoms with Crippen LogP contribution < -0.4 is 4.74 Å². The molecule has 0 aromatic heterocycles. The lowest BCUT2D eigenvalue weighted by Crippen LogP contribution is -2.17. The number of ketones is 5. The van der Waals surface area contributed by atoms with E-state index in [0.29, 0.717) is 38.7 Å². The van der Waals surface area contributed by atoms with E-state index in [1.807, 2.05) is 48.6 Å². The largest absolute Gasteiger partial charge is 0.493 e. The summed E-state index contributed by atoms with van der Waals surface area (Å²) in [6, 6.07) is 9.62. The molecule has 0 saturated heterocycles. The molecule has 1 fully saturated rings. The molecule has 0 bridgehead atoms. The van der Waals surface area contributed by atoms with Crippen molar-refractivity contribution in [3.63, 3.8) is 0 Å². The summed E-state index contributed by atoms with van der Waals surface area (Å²) in [7, 11) is 8.33. The van der Waals surface area contributed by atoms with Crippen LogP contribution in [0.1, 0.15) is 269 Å². The Hall–Kier alpha value is -3.61. The fraction of sp³-hybridized carbons (Fsp3) is 0.754. The van der Waals surface area contributed by atoms with Crippen LogP contribution in [0.5, 0.6) is 5.75 Å². The van der Waals surface area contributed by atoms with Crippen LogP contribution in [0, 0.1) is 5.92 Å². The molecule has 1 aliphatic carbocycles. The molecule has 1 aromatic carbocycles. The van der Waals surface area contributed by atoms with E-state index >= 15 is 0 Å². The molecule has 0 spiro atoms. The maximum atomic E-state index is 11.0. The van der Waals surface area contributed by atoms with E-state index in [0.717, 1.165) is 82.3 Å². The smallest absolute Gasteiger partial charge is 0.132 e. The molecule has 11 heteroatoms. The van der Waals surface area contributed by atoms with Crippen LogP contribution in [0.2, 0.25) is 0 Å². The maximum Gasteiger partial charge on any atom is 0.132 e. The van der Waals surface area contributed by atoms with Gasteiger partial charge in [-0.05, 0) is 117 Å². The highest BCUT2D eigenvalue weighted by Crippen LogP contribution is 2.28. The molecule has 5 unspecified atom stereocenters. The Morgan fingerprint density at radius 3 is 1.09 bits per heavy atom. The van der Waals surface area contributed by atoms with Crippen molar-refractivity contribution in [3.05, 3.63) is 68.3 Å². The summed E-state index contributed by atoms with van der Waals surface area (Å²) < 4.78 is 31.6. The second-order valence-corrected chi connectivity index (χ2v) is 18.6. The second kappa shape index (κ2) is 79.6. The number of rotatable bonds is 37. The number of unbranched alkanes of at least 4 members (excludes halogenated alkanes) is 6. The molecule has 1 saturated carbocycles. The van der Waals surface area contributed by atoms with Gasteiger partial charge in [0.2, 0.25) is 0 Å². The first-order valence-corrected chi connectivity index (χ1v) is 26.2. The van der Waals surface area contributed by atoms with Crippen molar-refractivity contribution < 1.29 is 52.4 Å². The minimum absolute atomic E-state index is 0. The molecule has 0 radical (unpaired) electrons. The zero-order valence-corrected chi connectivity index (χ0v) is 46.1. The van der Waals surface area contributed by atoms with Gasteiger partial charge in [0.05, 0.1) is 37.1 Å². The normalized spacial score (nSPS) is 12.3. The number of allylic oxidation sites excluding steroid dienone is 3. The molecule has 0 heterocycles. The Balaban J connectivity index is -0.0000000621. The summed E-state index contributed by atoms with van der Waals surface area (Å²) >= 11 is 0. The summed E-state index contributed by atoms with van der Waals surface area (Å²) in [5.74, 6) is 2.73. The average molecular weight is 1150 g/mol. The van der Waals surface area contributed by atoms with Crippen LogP contribution in [-0.4, -0.2) is 102 Å². The highest BCUT2D eigenvalue weighted by molar-refractivity contribution is 5.77. The van der Waals surface area contributed by atoms with Crippen LogP contribution in [-0.2, 0) is 47.7 Å². The van der Waals surface area contributed by atoms with Crippen LogP contribution in [0.15, 0.2) is 68.3 Å². The van der Waals surface area contributed by atoms with Crippen molar-refractivity contribution in [2.75, 3.05) is 42.2 Å². The van der Waals surface area contributed by atoms with Gasteiger partial charge >= 0.3 is 0 Å². The zero-order chi connectivity index (χ0) is 53.2. The van der Waals surface area contributed by atoms with Gasteiger partial charge in [-0.25, -0.2) is 0 Å². The molecule has 5 atom stereocenters. The van der Waals surface area contributed by atoms with Gasteiger partial charge in [-0.1, -0.05) is 168 Å². The summed E-state index contributed by atoms with van der Waals surface area (Å²) in [6.45, 7) is 19.6. The van der Waals surface area contributed by atoms with Gasteiger partial charge in [-0.2, -0.15) is 0 Å². The lowest BCUT2D eigenvalue weighted by Gasteiger charge is -2.23. The zero-order valence-electron chi connectivity index (χ0n) is 46.1. The lowest BCUT2D eigenvalue weighted by molar-refractivity contribution is -0.120. The minimum atomic E-state index is -0.0405. The highest BCUT2D eigenvalue weighted by atomic mass is 16.5. The Bertz CT molecular complexity index is 1440. The van der Waals surface area contributed by atoms with Gasteiger partial charge in [-0.15, -0.1) is 19.7 Å². The third kappa shape index (κ3) is 78.6. The predicted molar refractivity (Wildman–Crippen MR) is 356 cm³/mol. The summed E-state index contributed by atoms with van der Waals surface area (Å²) in [5.41, 5.74) is 0. The number of hydrogen-bond donors (Lipinski definition) is 0. The number of Topliss-reactive ketones (excluding diaryl/α,β-unsaturated/α-hetero) is 5. The van der Waals surface area contributed by atoms with E-state index in [1.165, 1.54) is 57.8 Å². The average Bonchev–Trinajstić information content (AvgIpc) is 3.33. The van der Waals surface area contributed by atoms with E-state index < -0.39 is 0 Å². The van der Waals surface area contributed by atoms with Crippen molar-refractivity contribution >= 4 is 28.9 Å². The summed E-state index contributed by atoms with van der Waals surface area (Å²) in [6.07, 6.45) is 31.9. The third-order valence-corrected chi connectivity index (χ3v) is 11.9. The predicted octanol–water partition coefficient (Wildman–Crippen LogP) is 20.3. The molecular formula is C69H142O11. The molecule has 1 aromatic rings. The molecule has 0 aliphatic heterocycles. The van der Waals surface area contributed by atoms with E-state index in [2.05, 4.69) is 19.7 Å². The van der Waals surface area contributed by atoms with E-state index in [9.17, 15) is 24.0 Å².